The van der Waals surface area contributed by atoms with Crippen molar-refractivity contribution in [3.05, 3.63) is 18.0 Å². The fourth-order valence-corrected chi connectivity index (χ4v) is 2.83. The van der Waals surface area contributed by atoms with E-state index >= 15 is 0 Å². The van der Waals surface area contributed by atoms with Crippen LogP contribution in [0.2, 0.25) is 0 Å². The molecule has 0 spiro atoms. The van der Waals surface area contributed by atoms with Gasteiger partial charge in [-0.3, -0.25) is 4.68 Å². The van der Waals surface area contributed by atoms with Crippen molar-refractivity contribution in [2.75, 3.05) is 11.5 Å². The van der Waals surface area contributed by atoms with Crippen molar-refractivity contribution in [3.8, 4) is 0 Å². The van der Waals surface area contributed by atoms with E-state index in [0.717, 1.165) is 30.0 Å². The quantitative estimate of drug-likeness (QED) is 0.776. The molecular formula is C9H14N2OS. The molecular weight excluding hydrogens is 184 g/mol. The zero-order valence-corrected chi connectivity index (χ0v) is 8.55. The zero-order chi connectivity index (χ0) is 9.31. The van der Waals surface area contributed by atoms with Crippen LogP contribution in [0.3, 0.4) is 0 Å². The third-order valence-corrected chi connectivity index (χ3v) is 3.67. The summed E-state index contributed by atoms with van der Waals surface area (Å²) in [6.45, 7) is 2.91. The second kappa shape index (κ2) is 3.35. The number of aryl methyl sites for hydroxylation is 1. The van der Waals surface area contributed by atoms with Crippen molar-refractivity contribution >= 4 is 11.8 Å². The van der Waals surface area contributed by atoms with Crippen molar-refractivity contribution < 1.29 is 5.11 Å². The summed E-state index contributed by atoms with van der Waals surface area (Å²) in [5.74, 6) is 1.86. The van der Waals surface area contributed by atoms with Gasteiger partial charge in [-0.1, -0.05) is 0 Å². The van der Waals surface area contributed by atoms with Crippen molar-refractivity contribution in [1.82, 2.24) is 9.78 Å². The van der Waals surface area contributed by atoms with Crippen LogP contribution >= 0.6 is 11.8 Å². The van der Waals surface area contributed by atoms with Crippen LogP contribution in [0.15, 0.2) is 12.4 Å². The Balaban J connectivity index is 2.23. The summed E-state index contributed by atoms with van der Waals surface area (Å²) >= 11 is 1.81. The molecule has 1 N–H and O–H groups in total. The summed E-state index contributed by atoms with van der Waals surface area (Å²) in [4.78, 5) is 0. The highest BCUT2D eigenvalue weighted by atomic mass is 32.2. The lowest BCUT2D eigenvalue weighted by molar-refractivity contribution is 0.0657. The highest BCUT2D eigenvalue weighted by Gasteiger charge is 2.34. The van der Waals surface area contributed by atoms with Gasteiger partial charge in [0.05, 0.1) is 6.20 Å². The average Bonchev–Trinajstić information content (AvgIpc) is 2.72. The van der Waals surface area contributed by atoms with E-state index in [0.29, 0.717) is 0 Å². The Morgan fingerprint density at radius 2 is 2.62 bits per heavy atom. The van der Waals surface area contributed by atoms with Crippen molar-refractivity contribution in [3.63, 3.8) is 0 Å². The third kappa shape index (κ3) is 1.60. The number of aliphatic hydroxyl groups is 1. The first-order valence-corrected chi connectivity index (χ1v) is 5.73. The van der Waals surface area contributed by atoms with Gasteiger partial charge in [-0.25, -0.2) is 0 Å². The largest absolute Gasteiger partial charge is 0.384 e. The minimum atomic E-state index is -0.613. The number of hydrogen-bond acceptors (Lipinski definition) is 3. The first-order valence-electron chi connectivity index (χ1n) is 4.58. The highest BCUT2D eigenvalue weighted by Crippen LogP contribution is 2.36. The Kier molecular flexibility index (Phi) is 2.34. The molecule has 2 heterocycles. The maximum atomic E-state index is 10.2. The lowest BCUT2D eigenvalue weighted by Gasteiger charge is -2.18. The van der Waals surface area contributed by atoms with E-state index < -0.39 is 5.60 Å². The van der Waals surface area contributed by atoms with Crippen LogP contribution in [0.1, 0.15) is 18.9 Å². The SMILES string of the molecule is CCn1cc(C2(O)CCSC2)cn1. The Hall–Kier alpha value is -0.480. The summed E-state index contributed by atoms with van der Waals surface area (Å²) in [6.07, 6.45) is 4.59. The van der Waals surface area contributed by atoms with Gasteiger partial charge in [-0.2, -0.15) is 16.9 Å². The molecule has 1 aromatic rings. The minimum Gasteiger partial charge on any atom is -0.384 e. The molecule has 1 unspecified atom stereocenters. The smallest absolute Gasteiger partial charge is 0.102 e. The van der Waals surface area contributed by atoms with Crippen LogP contribution in [0.5, 0.6) is 0 Å². The summed E-state index contributed by atoms with van der Waals surface area (Å²) in [5.41, 5.74) is 0.359. The molecule has 1 aliphatic rings. The van der Waals surface area contributed by atoms with E-state index in [2.05, 4.69) is 5.10 Å². The predicted molar refractivity (Wildman–Crippen MR) is 53.7 cm³/mol. The maximum Gasteiger partial charge on any atom is 0.102 e. The molecule has 13 heavy (non-hydrogen) atoms. The first-order chi connectivity index (χ1) is 6.24. The third-order valence-electron chi connectivity index (χ3n) is 2.50. The van der Waals surface area contributed by atoms with Crippen molar-refractivity contribution in [2.45, 2.75) is 25.5 Å². The van der Waals surface area contributed by atoms with Crippen molar-refractivity contribution in [1.29, 1.82) is 0 Å². The van der Waals surface area contributed by atoms with E-state index in [1.54, 1.807) is 18.0 Å². The minimum absolute atomic E-state index is 0.613. The Bertz CT molecular complexity index is 292. The second-order valence-electron chi connectivity index (χ2n) is 3.42. The molecule has 72 valence electrons. The van der Waals surface area contributed by atoms with E-state index in [1.165, 1.54) is 0 Å². The topological polar surface area (TPSA) is 38.0 Å². The van der Waals surface area contributed by atoms with Crippen LogP contribution in [0.4, 0.5) is 0 Å². The molecule has 4 heteroatoms. The van der Waals surface area contributed by atoms with E-state index in [9.17, 15) is 5.11 Å². The fourth-order valence-electron chi connectivity index (χ4n) is 1.56. The molecule has 0 bridgehead atoms. The van der Waals surface area contributed by atoms with Crippen LogP contribution < -0.4 is 0 Å². The van der Waals surface area contributed by atoms with Crippen molar-refractivity contribution in [2.24, 2.45) is 0 Å². The molecule has 1 aromatic heterocycles. The van der Waals surface area contributed by atoms with E-state index in [1.807, 2.05) is 17.8 Å². The second-order valence-corrected chi connectivity index (χ2v) is 4.52. The Labute approximate surface area is 82.1 Å². The number of hydrogen-bond donors (Lipinski definition) is 1. The first kappa shape index (κ1) is 9.09. The number of aromatic nitrogens is 2. The highest BCUT2D eigenvalue weighted by molar-refractivity contribution is 7.99. The molecule has 1 aliphatic heterocycles. The summed E-state index contributed by atoms with van der Waals surface area (Å²) in [5, 5.41) is 14.4. The number of nitrogens with zero attached hydrogens (tertiary/aromatic N) is 2. The molecule has 0 radical (unpaired) electrons. The van der Waals surface area contributed by atoms with Gasteiger partial charge in [0.1, 0.15) is 5.60 Å². The van der Waals surface area contributed by atoms with Crippen LogP contribution in [-0.4, -0.2) is 26.4 Å². The number of thioether (sulfide) groups is 1. The molecule has 0 amide bonds. The standard InChI is InChI=1S/C9H14N2OS/c1-2-11-6-8(5-10-11)9(12)3-4-13-7-9/h5-6,12H,2-4,7H2,1H3. The van der Waals surface area contributed by atoms with Gasteiger partial charge in [0.25, 0.3) is 0 Å². The molecule has 2 rings (SSSR count). The molecule has 0 saturated carbocycles. The van der Waals surface area contributed by atoms with Crippen LogP contribution in [0.25, 0.3) is 0 Å². The Morgan fingerprint density at radius 1 is 1.77 bits per heavy atom. The number of rotatable bonds is 2. The van der Waals surface area contributed by atoms with Gasteiger partial charge >= 0.3 is 0 Å². The summed E-state index contributed by atoms with van der Waals surface area (Å²) in [7, 11) is 0. The van der Waals surface area contributed by atoms with E-state index in [4.69, 9.17) is 0 Å². The average molecular weight is 198 g/mol. The summed E-state index contributed by atoms with van der Waals surface area (Å²) in [6, 6.07) is 0. The lowest BCUT2D eigenvalue weighted by atomic mass is 9.97. The molecule has 1 atom stereocenters. The van der Waals surface area contributed by atoms with Gasteiger partial charge in [-0.05, 0) is 19.1 Å². The van der Waals surface area contributed by atoms with Gasteiger partial charge in [0.15, 0.2) is 0 Å². The molecule has 3 nitrogen and oxygen atoms in total. The monoisotopic (exact) mass is 198 g/mol. The Morgan fingerprint density at radius 3 is 3.15 bits per heavy atom. The molecule has 1 fully saturated rings. The van der Waals surface area contributed by atoms with Gasteiger partial charge < -0.3 is 5.11 Å². The van der Waals surface area contributed by atoms with E-state index in [-0.39, 0.29) is 0 Å². The maximum absolute atomic E-state index is 10.2. The summed E-state index contributed by atoms with van der Waals surface area (Å²) < 4.78 is 1.86. The van der Waals surface area contributed by atoms with Gasteiger partial charge in [-0.15, -0.1) is 0 Å². The molecule has 0 aliphatic carbocycles. The van der Waals surface area contributed by atoms with Gasteiger partial charge in [0, 0.05) is 24.1 Å². The van der Waals surface area contributed by atoms with Crippen LogP contribution in [0, 0.1) is 0 Å². The molecule has 0 aromatic carbocycles. The fraction of sp³-hybridized carbons (Fsp3) is 0.667. The predicted octanol–water partition coefficient (Wildman–Crippen LogP) is 1.23. The lowest BCUT2D eigenvalue weighted by Crippen LogP contribution is -2.24. The van der Waals surface area contributed by atoms with Crippen LogP contribution in [-0.2, 0) is 12.1 Å². The molecule has 1 saturated heterocycles. The zero-order valence-electron chi connectivity index (χ0n) is 7.73. The van der Waals surface area contributed by atoms with Gasteiger partial charge in [0.2, 0.25) is 0 Å². The normalized spacial score (nSPS) is 28.2.